The van der Waals surface area contributed by atoms with E-state index in [2.05, 4.69) is 5.32 Å². The fraction of sp³-hybridized carbons (Fsp3) is 0.385. The summed E-state index contributed by atoms with van der Waals surface area (Å²) < 4.78 is 10.4. The van der Waals surface area contributed by atoms with Crippen LogP contribution in [0.3, 0.4) is 0 Å². The summed E-state index contributed by atoms with van der Waals surface area (Å²) in [6.07, 6.45) is 0.283. The number of nitrogens with one attached hydrogen (secondary N) is 1. The quantitative estimate of drug-likeness (QED) is 0.866. The molecule has 1 aromatic rings. The zero-order chi connectivity index (χ0) is 13.8. The van der Waals surface area contributed by atoms with Crippen LogP contribution in [0.2, 0.25) is 0 Å². The molecule has 1 aliphatic heterocycles. The van der Waals surface area contributed by atoms with Gasteiger partial charge in [0.15, 0.2) is 0 Å². The Kier molecular flexibility index (Phi) is 3.89. The van der Waals surface area contributed by atoms with E-state index in [1.807, 2.05) is 0 Å². The molecule has 0 saturated carbocycles. The average molecular weight is 264 g/mol. The van der Waals surface area contributed by atoms with E-state index in [1.54, 1.807) is 37.3 Å². The summed E-state index contributed by atoms with van der Waals surface area (Å²) in [4.78, 5) is 24.9. The number of hydrogen-bond acceptors (Lipinski definition) is 4. The highest BCUT2D eigenvalue weighted by atomic mass is 16.5. The SMILES string of the molecule is COc1cc(OC)cc(N2CCC(=O)NCC2=O)c1. The molecule has 2 amide bonds. The number of amides is 2. The van der Waals surface area contributed by atoms with E-state index in [4.69, 9.17) is 9.47 Å². The average Bonchev–Trinajstić information content (AvgIpc) is 2.60. The summed E-state index contributed by atoms with van der Waals surface area (Å²) in [7, 11) is 3.10. The minimum absolute atomic E-state index is 0.0123. The lowest BCUT2D eigenvalue weighted by molar-refractivity contribution is -0.123. The number of carbonyl (C=O) groups excluding carboxylic acids is 2. The van der Waals surface area contributed by atoms with Gasteiger partial charge in [-0.25, -0.2) is 0 Å². The molecular weight excluding hydrogens is 248 g/mol. The molecule has 19 heavy (non-hydrogen) atoms. The van der Waals surface area contributed by atoms with Crippen LogP contribution in [0.4, 0.5) is 5.69 Å². The molecule has 102 valence electrons. The van der Waals surface area contributed by atoms with Crippen molar-refractivity contribution in [2.24, 2.45) is 0 Å². The molecule has 0 aliphatic carbocycles. The molecule has 1 aliphatic rings. The molecule has 0 aromatic heterocycles. The highest BCUT2D eigenvalue weighted by molar-refractivity contribution is 5.99. The molecule has 6 nitrogen and oxygen atoms in total. The van der Waals surface area contributed by atoms with E-state index in [9.17, 15) is 9.59 Å². The Bertz CT molecular complexity index is 479. The van der Waals surface area contributed by atoms with Crippen molar-refractivity contribution >= 4 is 17.5 Å². The van der Waals surface area contributed by atoms with Crippen molar-refractivity contribution in [3.63, 3.8) is 0 Å². The van der Waals surface area contributed by atoms with E-state index in [-0.39, 0.29) is 24.8 Å². The fourth-order valence-corrected chi connectivity index (χ4v) is 1.92. The lowest BCUT2D eigenvalue weighted by atomic mass is 10.2. The van der Waals surface area contributed by atoms with Crippen molar-refractivity contribution < 1.29 is 19.1 Å². The van der Waals surface area contributed by atoms with Crippen LogP contribution in [0.15, 0.2) is 18.2 Å². The zero-order valence-corrected chi connectivity index (χ0v) is 10.9. The van der Waals surface area contributed by atoms with Gasteiger partial charge in [0.1, 0.15) is 11.5 Å². The van der Waals surface area contributed by atoms with Gasteiger partial charge in [-0.1, -0.05) is 0 Å². The summed E-state index contributed by atoms with van der Waals surface area (Å²) in [6.45, 7) is 0.360. The molecule has 0 spiro atoms. The normalized spacial score (nSPS) is 15.8. The summed E-state index contributed by atoms with van der Waals surface area (Å²) in [5, 5.41) is 2.56. The Labute approximate surface area is 111 Å². The number of ether oxygens (including phenoxy) is 2. The Morgan fingerprint density at radius 3 is 2.32 bits per heavy atom. The Morgan fingerprint density at radius 2 is 1.74 bits per heavy atom. The van der Waals surface area contributed by atoms with E-state index in [1.165, 1.54) is 0 Å². The van der Waals surface area contributed by atoms with Crippen molar-refractivity contribution in [1.82, 2.24) is 5.32 Å². The van der Waals surface area contributed by atoms with Gasteiger partial charge < -0.3 is 19.7 Å². The molecule has 1 saturated heterocycles. The van der Waals surface area contributed by atoms with Gasteiger partial charge in [-0.05, 0) is 0 Å². The monoisotopic (exact) mass is 264 g/mol. The maximum absolute atomic E-state index is 12.0. The second-order valence-electron chi connectivity index (χ2n) is 4.14. The predicted molar refractivity (Wildman–Crippen MR) is 69.5 cm³/mol. The Balaban J connectivity index is 2.33. The van der Waals surface area contributed by atoms with Gasteiger partial charge in [0, 0.05) is 31.2 Å². The maximum atomic E-state index is 12.0. The first-order valence-corrected chi connectivity index (χ1v) is 5.94. The summed E-state index contributed by atoms with van der Waals surface area (Å²) >= 11 is 0. The van der Waals surface area contributed by atoms with Crippen molar-refractivity contribution in [3.05, 3.63) is 18.2 Å². The minimum Gasteiger partial charge on any atom is -0.497 e. The van der Waals surface area contributed by atoms with Crippen molar-refractivity contribution in [1.29, 1.82) is 0 Å². The van der Waals surface area contributed by atoms with Gasteiger partial charge in [0.25, 0.3) is 0 Å². The fourth-order valence-electron chi connectivity index (χ4n) is 1.92. The van der Waals surface area contributed by atoms with Gasteiger partial charge in [-0.2, -0.15) is 0 Å². The van der Waals surface area contributed by atoms with E-state index in [0.717, 1.165) is 0 Å². The number of methoxy groups -OCH3 is 2. The molecule has 0 atom stereocenters. The second-order valence-corrected chi connectivity index (χ2v) is 4.14. The summed E-state index contributed by atoms with van der Waals surface area (Å²) in [5.74, 6) is 0.934. The summed E-state index contributed by atoms with van der Waals surface area (Å²) in [5.41, 5.74) is 0.665. The van der Waals surface area contributed by atoms with Crippen LogP contribution in [0, 0.1) is 0 Å². The van der Waals surface area contributed by atoms with Crippen LogP contribution in [0.25, 0.3) is 0 Å². The number of rotatable bonds is 3. The molecular formula is C13H16N2O4. The first kappa shape index (κ1) is 13.2. The van der Waals surface area contributed by atoms with Gasteiger partial charge in [0.2, 0.25) is 11.8 Å². The van der Waals surface area contributed by atoms with Crippen molar-refractivity contribution in [2.45, 2.75) is 6.42 Å². The van der Waals surface area contributed by atoms with E-state index >= 15 is 0 Å². The van der Waals surface area contributed by atoms with Crippen molar-refractivity contribution in [3.8, 4) is 11.5 Å². The third-order valence-corrected chi connectivity index (χ3v) is 2.95. The highest BCUT2D eigenvalue weighted by Gasteiger charge is 2.22. The second kappa shape index (κ2) is 5.60. The maximum Gasteiger partial charge on any atom is 0.246 e. The Hall–Kier alpha value is -2.24. The van der Waals surface area contributed by atoms with Crippen LogP contribution in [-0.4, -0.2) is 39.1 Å². The third-order valence-electron chi connectivity index (χ3n) is 2.95. The van der Waals surface area contributed by atoms with Crippen LogP contribution >= 0.6 is 0 Å². The van der Waals surface area contributed by atoms with Crippen molar-refractivity contribution in [2.75, 3.05) is 32.2 Å². The van der Waals surface area contributed by atoms with Crippen LogP contribution in [0.5, 0.6) is 11.5 Å². The highest BCUT2D eigenvalue weighted by Crippen LogP contribution is 2.28. The number of carbonyl (C=O) groups is 2. The number of hydrogen-bond donors (Lipinski definition) is 1. The molecule has 0 unspecified atom stereocenters. The molecule has 0 radical (unpaired) electrons. The predicted octanol–water partition coefficient (Wildman–Crippen LogP) is 0.557. The van der Waals surface area contributed by atoms with Crippen LogP contribution < -0.4 is 19.7 Å². The molecule has 0 bridgehead atoms. The lowest BCUT2D eigenvalue weighted by Gasteiger charge is -2.21. The van der Waals surface area contributed by atoms with Gasteiger partial charge in [-0.15, -0.1) is 0 Å². The van der Waals surface area contributed by atoms with Crippen LogP contribution in [0.1, 0.15) is 6.42 Å². The molecule has 6 heteroatoms. The lowest BCUT2D eigenvalue weighted by Crippen LogP contribution is -2.35. The molecule has 1 fully saturated rings. The molecule has 1 aromatic carbocycles. The minimum atomic E-state index is -0.152. The topological polar surface area (TPSA) is 67.9 Å². The Morgan fingerprint density at radius 1 is 1.11 bits per heavy atom. The third kappa shape index (κ3) is 2.96. The number of benzene rings is 1. The van der Waals surface area contributed by atoms with E-state index < -0.39 is 0 Å². The van der Waals surface area contributed by atoms with Gasteiger partial charge >= 0.3 is 0 Å². The smallest absolute Gasteiger partial charge is 0.246 e. The molecule has 1 N–H and O–H groups in total. The van der Waals surface area contributed by atoms with Gasteiger partial charge in [-0.3, -0.25) is 9.59 Å². The number of anilines is 1. The number of nitrogens with zero attached hydrogens (tertiary/aromatic N) is 1. The first-order valence-electron chi connectivity index (χ1n) is 5.94. The van der Waals surface area contributed by atoms with Gasteiger partial charge in [0.05, 0.1) is 26.5 Å². The van der Waals surface area contributed by atoms with E-state index in [0.29, 0.717) is 23.7 Å². The molecule has 1 heterocycles. The largest absolute Gasteiger partial charge is 0.497 e. The first-order chi connectivity index (χ1) is 9.13. The summed E-state index contributed by atoms with van der Waals surface area (Å²) in [6, 6.07) is 5.22. The van der Waals surface area contributed by atoms with Crippen LogP contribution in [-0.2, 0) is 9.59 Å². The zero-order valence-electron chi connectivity index (χ0n) is 10.9. The molecule has 2 rings (SSSR count). The standard InChI is InChI=1S/C13H16N2O4/c1-18-10-5-9(6-11(7-10)19-2)15-4-3-12(16)14-8-13(15)17/h5-7H,3-4,8H2,1-2H3,(H,14,16).